The van der Waals surface area contributed by atoms with Crippen LogP contribution in [0.1, 0.15) is 23.7 Å². The quantitative estimate of drug-likeness (QED) is 0.840. The summed E-state index contributed by atoms with van der Waals surface area (Å²) >= 11 is 0. The molecule has 1 aromatic heterocycles. The summed E-state index contributed by atoms with van der Waals surface area (Å²) in [6, 6.07) is 7.77. The number of rotatable bonds is 6. The highest BCUT2D eigenvalue weighted by Gasteiger charge is 2.07. The number of aromatic nitrogens is 2. The average Bonchev–Trinajstić information content (AvgIpc) is 2.84. The van der Waals surface area contributed by atoms with Gasteiger partial charge in [0, 0.05) is 19.4 Å². The van der Waals surface area contributed by atoms with Crippen molar-refractivity contribution in [1.29, 1.82) is 0 Å². The first-order valence-corrected chi connectivity index (χ1v) is 5.87. The topological polar surface area (TPSA) is 68.4 Å². The molecule has 0 radical (unpaired) electrons. The van der Waals surface area contributed by atoms with Crippen molar-refractivity contribution in [3.63, 3.8) is 0 Å². The Labute approximate surface area is 105 Å². The summed E-state index contributed by atoms with van der Waals surface area (Å²) in [7, 11) is 1.64. The summed E-state index contributed by atoms with van der Waals surface area (Å²) in [5, 5.41) is 12.6. The summed E-state index contributed by atoms with van der Waals surface area (Å²) < 4.78 is 10.3. The maximum atomic E-state index is 8.72. The third kappa shape index (κ3) is 3.30. The number of aliphatic hydroxyl groups is 1. The van der Waals surface area contributed by atoms with E-state index >= 15 is 0 Å². The highest BCUT2D eigenvalue weighted by Crippen LogP contribution is 2.15. The van der Waals surface area contributed by atoms with Crippen LogP contribution in [0.15, 0.2) is 28.8 Å². The van der Waals surface area contributed by atoms with Crippen molar-refractivity contribution in [1.82, 2.24) is 10.1 Å². The molecule has 0 bridgehead atoms. The first kappa shape index (κ1) is 12.6. The lowest BCUT2D eigenvalue weighted by Crippen LogP contribution is -1.93. The molecule has 1 N–H and O–H groups in total. The fourth-order valence-corrected chi connectivity index (χ4v) is 1.66. The maximum absolute atomic E-state index is 8.72. The molecular weight excluding hydrogens is 232 g/mol. The van der Waals surface area contributed by atoms with E-state index in [2.05, 4.69) is 10.1 Å². The summed E-state index contributed by atoms with van der Waals surface area (Å²) in [6.45, 7) is 0.133. The molecule has 1 heterocycles. The second-order valence-corrected chi connectivity index (χ2v) is 3.96. The molecule has 0 atom stereocenters. The van der Waals surface area contributed by atoms with Crippen LogP contribution < -0.4 is 4.74 Å². The van der Waals surface area contributed by atoms with Crippen LogP contribution in [0.25, 0.3) is 0 Å². The molecule has 0 amide bonds. The van der Waals surface area contributed by atoms with Gasteiger partial charge in [0.15, 0.2) is 5.82 Å². The highest BCUT2D eigenvalue weighted by molar-refractivity contribution is 5.29. The Morgan fingerprint density at radius 1 is 1.39 bits per heavy atom. The van der Waals surface area contributed by atoms with Crippen molar-refractivity contribution in [2.75, 3.05) is 13.7 Å². The fraction of sp³-hybridized carbons (Fsp3) is 0.385. The lowest BCUT2D eigenvalue weighted by Gasteiger charge is -2.01. The molecule has 5 heteroatoms. The van der Waals surface area contributed by atoms with E-state index in [0.717, 1.165) is 11.3 Å². The van der Waals surface area contributed by atoms with Crippen molar-refractivity contribution >= 4 is 0 Å². The van der Waals surface area contributed by atoms with Gasteiger partial charge >= 0.3 is 0 Å². The Bertz CT molecular complexity index is 496. The zero-order valence-corrected chi connectivity index (χ0v) is 10.3. The Kier molecular flexibility index (Phi) is 4.30. The molecule has 18 heavy (non-hydrogen) atoms. The Balaban J connectivity index is 2.01. The number of aliphatic hydroxyl groups excluding tert-OH is 1. The number of methoxy groups -OCH3 is 1. The third-order valence-electron chi connectivity index (χ3n) is 2.56. The second-order valence-electron chi connectivity index (χ2n) is 3.96. The molecular formula is C13H16N2O3. The first-order valence-electron chi connectivity index (χ1n) is 5.87. The van der Waals surface area contributed by atoms with Gasteiger partial charge in [-0.15, -0.1) is 0 Å². The minimum absolute atomic E-state index is 0.133. The number of hydrogen-bond donors (Lipinski definition) is 1. The predicted octanol–water partition coefficient (Wildman–Crippen LogP) is 1.59. The van der Waals surface area contributed by atoms with E-state index < -0.39 is 0 Å². The van der Waals surface area contributed by atoms with Gasteiger partial charge in [-0.3, -0.25) is 0 Å². The molecule has 96 valence electrons. The number of benzene rings is 1. The van der Waals surface area contributed by atoms with Gasteiger partial charge in [0.2, 0.25) is 5.89 Å². The van der Waals surface area contributed by atoms with Gasteiger partial charge in [-0.25, -0.2) is 0 Å². The molecule has 0 unspecified atom stereocenters. The average molecular weight is 248 g/mol. The highest BCUT2D eigenvalue weighted by atomic mass is 16.5. The minimum Gasteiger partial charge on any atom is -0.497 e. The Morgan fingerprint density at radius 3 is 3.06 bits per heavy atom. The fourth-order valence-electron chi connectivity index (χ4n) is 1.66. The van der Waals surface area contributed by atoms with Gasteiger partial charge in [0.05, 0.1) is 7.11 Å². The molecule has 5 nitrogen and oxygen atoms in total. The lowest BCUT2D eigenvalue weighted by molar-refractivity contribution is 0.278. The molecule has 0 fully saturated rings. The van der Waals surface area contributed by atoms with E-state index in [0.29, 0.717) is 31.0 Å². The monoisotopic (exact) mass is 248 g/mol. The van der Waals surface area contributed by atoms with Crippen molar-refractivity contribution in [2.24, 2.45) is 0 Å². The zero-order chi connectivity index (χ0) is 12.8. The summed E-state index contributed by atoms with van der Waals surface area (Å²) in [6.07, 6.45) is 1.86. The largest absolute Gasteiger partial charge is 0.497 e. The normalized spacial score (nSPS) is 10.6. The molecule has 0 aliphatic rings. The SMILES string of the molecule is COc1cccc(Cc2noc(CCCO)n2)c1. The molecule has 2 rings (SSSR count). The third-order valence-corrected chi connectivity index (χ3v) is 2.56. The van der Waals surface area contributed by atoms with Crippen molar-refractivity contribution in [3.05, 3.63) is 41.5 Å². The molecule has 0 aliphatic heterocycles. The minimum atomic E-state index is 0.133. The van der Waals surface area contributed by atoms with E-state index in [-0.39, 0.29) is 6.61 Å². The van der Waals surface area contributed by atoms with Gasteiger partial charge in [0.25, 0.3) is 0 Å². The van der Waals surface area contributed by atoms with E-state index in [9.17, 15) is 0 Å². The van der Waals surface area contributed by atoms with Crippen LogP contribution in [0.2, 0.25) is 0 Å². The van der Waals surface area contributed by atoms with Crippen LogP contribution in [-0.4, -0.2) is 29.0 Å². The molecule has 0 saturated carbocycles. The van der Waals surface area contributed by atoms with Crippen LogP contribution >= 0.6 is 0 Å². The number of hydrogen-bond acceptors (Lipinski definition) is 5. The maximum Gasteiger partial charge on any atom is 0.226 e. The molecule has 0 spiro atoms. The van der Waals surface area contributed by atoms with Crippen molar-refractivity contribution < 1.29 is 14.4 Å². The lowest BCUT2D eigenvalue weighted by atomic mass is 10.1. The van der Waals surface area contributed by atoms with E-state index in [1.54, 1.807) is 7.11 Å². The van der Waals surface area contributed by atoms with Gasteiger partial charge in [0.1, 0.15) is 5.75 Å². The van der Waals surface area contributed by atoms with E-state index in [1.165, 1.54) is 0 Å². The summed E-state index contributed by atoms with van der Waals surface area (Å²) in [4.78, 5) is 4.27. The standard InChI is InChI=1S/C13H16N2O3/c1-17-11-5-2-4-10(8-11)9-12-14-13(18-15-12)6-3-7-16/h2,4-5,8,16H,3,6-7,9H2,1H3. The molecule has 0 saturated heterocycles. The second kappa shape index (κ2) is 6.16. The Morgan fingerprint density at radius 2 is 2.28 bits per heavy atom. The van der Waals surface area contributed by atoms with Gasteiger partial charge < -0.3 is 14.4 Å². The zero-order valence-electron chi connectivity index (χ0n) is 10.3. The number of nitrogens with zero attached hydrogens (tertiary/aromatic N) is 2. The molecule has 0 aliphatic carbocycles. The van der Waals surface area contributed by atoms with E-state index in [4.69, 9.17) is 14.4 Å². The summed E-state index contributed by atoms with van der Waals surface area (Å²) in [5.74, 6) is 2.04. The van der Waals surface area contributed by atoms with Crippen molar-refractivity contribution in [3.8, 4) is 5.75 Å². The van der Waals surface area contributed by atoms with Gasteiger partial charge in [-0.2, -0.15) is 4.98 Å². The Hall–Kier alpha value is -1.88. The summed E-state index contributed by atoms with van der Waals surface area (Å²) in [5.41, 5.74) is 1.07. The van der Waals surface area contributed by atoms with Gasteiger partial charge in [-0.05, 0) is 24.1 Å². The van der Waals surface area contributed by atoms with E-state index in [1.807, 2.05) is 24.3 Å². The van der Waals surface area contributed by atoms with Crippen LogP contribution in [0.5, 0.6) is 5.75 Å². The number of aryl methyl sites for hydroxylation is 1. The van der Waals surface area contributed by atoms with Crippen molar-refractivity contribution in [2.45, 2.75) is 19.3 Å². The van der Waals surface area contributed by atoms with Gasteiger partial charge in [-0.1, -0.05) is 17.3 Å². The molecule has 2 aromatic rings. The first-order chi connectivity index (χ1) is 8.81. The van der Waals surface area contributed by atoms with Crippen LogP contribution in [0, 0.1) is 0 Å². The smallest absolute Gasteiger partial charge is 0.226 e. The number of ether oxygens (including phenoxy) is 1. The van der Waals surface area contributed by atoms with Crippen LogP contribution in [0.3, 0.4) is 0 Å². The van der Waals surface area contributed by atoms with Crippen LogP contribution in [-0.2, 0) is 12.8 Å². The predicted molar refractivity (Wildman–Crippen MR) is 65.5 cm³/mol. The van der Waals surface area contributed by atoms with Crippen LogP contribution in [0.4, 0.5) is 0 Å². The molecule has 1 aromatic carbocycles.